The van der Waals surface area contributed by atoms with E-state index in [1.54, 1.807) is 0 Å². The number of rotatable bonds is 3. The van der Waals surface area contributed by atoms with Gasteiger partial charge in [0.2, 0.25) is 0 Å². The molecule has 11 heavy (non-hydrogen) atoms. The van der Waals surface area contributed by atoms with E-state index in [9.17, 15) is 0 Å². The van der Waals surface area contributed by atoms with Crippen molar-refractivity contribution in [2.45, 2.75) is 19.3 Å². The monoisotopic (exact) mass is 232 g/mol. The molecule has 0 unspecified atom stereocenters. The van der Waals surface area contributed by atoms with Crippen LogP contribution in [0.25, 0.3) is 0 Å². The zero-order chi connectivity index (χ0) is 7.73. The second kappa shape index (κ2) is 2.83. The van der Waals surface area contributed by atoms with Crippen LogP contribution in [-0.4, -0.2) is 14.9 Å². The van der Waals surface area contributed by atoms with E-state index in [2.05, 4.69) is 25.5 Å². The van der Waals surface area contributed by atoms with Crippen LogP contribution in [0.4, 0.5) is 0 Å². The summed E-state index contributed by atoms with van der Waals surface area (Å²) in [5.74, 6) is 0. The molecule has 0 aliphatic heterocycles. The topological polar surface area (TPSA) is 25.8 Å². The van der Waals surface area contributed by atoms with Crippen molar-refractivity contribution in [2.75, 3.05) is 5.33 Å². The number of hydrogen-bond donors (Lipinski definition) is 0. The van der Waals surface area contributed by atoms with Crippen molar-refractivity contribution in [3.8, 4) is 0 Å². The van der Waals surface area contributed by atoms with Gasteiger partial charge in [0.05, 0.1) is 6.20 Å². The lowest BCUT2D eigenvalue weighted by Gasteiger charge is -2.06. The van der Waals surface area contributed by atoms with Gasteiger partial charge in [-0.2, -0.15) is 0 Å². The molecule has 0 atom stereocenters. The van der Waals surface area contributed by atoms with Gasteiger partial charge in [0.15, 0.2) is 0 Å². The van der Waals surface area contributed by atoms with Crippen LogP contribution < -0.4 is 0 Å². The molecule has 1 aliphatic rings. The third kappa shape index (κ3) is 1.62. The summed E-state index contributed by atoms with van der Waals surface area (Å²) in [7, 11) is 0. The van der Waals surface area contributed by atoms with Gasteiger partial charge in [-0.05, 0) is 36.2 Å². The Kier molecular flexibility index (Phi) is 1.97. The second-order valence-electron chi connectivity index (χ2n) is 3.19. The average molecular weight is 233 g/mol. The maximum absolute atomic E-state index is 3.84. The highest BCUT2D eigenvalue weighted by Gasteiger charge is 2.41. The maximum Gasteiger partial charge on any atom is 0.0653 e. The molecule has 1 saturated carbocycles. The van der Waals surface area contributed by atoms with E-state index in [-0.39, 0.29) is 0 Å². The number of halogens is 1. The fourth-order valence-corrected chi connectivity index (χ4v) is 2.59. The lowest BCUT2D eigenvalue weighted by atomic mass is 10.1. The molecule has 1 heterocycles. The van der Waals surface area contributed by atoms with Gasteiger partial charge in [0, 0.05) is 10.2 Å². The Bertz CT molecular complexity index is 231. The number of nitrogens with zero attached hydrogens (tertiary/aromatic N) is 2. The molecule has 1 fully saturated rings. The van der Waals surface area contributed by atoms with Crippen LogP contribution in [-0.2, 0) is 6.42 Å². The van der Waals surface area contributed by atoms with Crippen molar-refractivity contribution >= 4 is 27.5 Å². The fourth-order valence-electron chi connectivity index (χ4n) is 1.17. The maximum atomic E-state index is 3.84. The molecule has 60 valence electrons. The molecule has 1 aromatic rings. The zero-order valence-corrected chi connectivity index (χ0v) is 8.49. The summed E-state index contributed by atoms with van der Waals surface area (Å²) in [6.45, 7) is 0. The molecule has 0 bridgehead atoms. The number of aromatic nitrogens is 2. The van der Waals surface area contributed by atoms with Crippen LogP contribution in [0.3, 0.4) is 0 Å². The Morgan fingerprint density at radius 1 is 1.64 bits per heavy atom. The Morgan fingerprint density at radius 3 is 2.91 bits per heavy atom. The van der Waals surface area contributed by atoms with Gasteiger partial charge in [-0.25, -0.2) is 0 Å². The highest BCUT2D eigenvalue weighted by Crippen LogP contribution is 2.49. The van der Waals surface area contributed by atoms with Crippen molar-refractivity contribution in [3.05, 3.63) is 11.1 Å². The lowest BCUT2D eigenvalue weighted by molar-refractivity contribution is 0.592. The van der Waals surface area contributed by atoms with Gasteiger partial charge in [-0.1, -0.05) is 20.4 Å². The van der Waals surface area contributed by atoms with Gasteiger partial charge in [-0.15, -0.1) is 5.10 Å². The molecular weight excluding hydrogens is 224 g/mol. The van der Waals surface area contributed by atoms with Crippen molar-refractivity contribution in [3.63, 3.8) is 0 Å². The first-order valence-electron chi connectivity index (χ1n) is 3.67. The first kappa shape index (κ1) is 7.68. The molecule has 0 radical (unpaired) electrons. The third-order valence-electron chi connectivity index (χ3n) is 2.20. The number of alkyl halides is 1. The van der Waals surface area contributed by atoms with Crippen LogP contribution in [0.15, 0.2) is 6.20 Å². The first-order chi connectivity index (χ1) is 5.35. The highest BCUT2D eigenvalue weighted by molar-refractivity contribution is 9.09. The highest BCUT2D eigenvalue weighted by atomic mass is 79.9. The van der Waals surface area contributed by atoms with Crippen molar-refractivity contribution in [1.82, 2.24) is 9.59 Å². The summed E-state index contributed by atoms with van der Waals surface area (Å²) in [6, 6.07) is 0. The van der Waals surface area contributed by atoms with E-state index in [0.29, 0.717) is 5.41 Å². The van der Waals surface area contributed by atoms with Crippen LogP contribution in [0.1, 0.15) is 17.7 Å². The van der Waals surface area contributed by atoms with E-state index in [4.69, 9.17) is 0 Å². The van der Waals surface area contributed by atoms with Gasteiger partial charge in [0.25, 0.3) is 0 Å². The predicted octanol–water partition coefficient (Wildman–Crippen LogP) is 2.26. The van der Waals surface area contributed by atoms with Crippen molar-refractivity contribution in [1.29, 1.82) is 0 Å². The fraction of sp³-hybridized carbons (Fsp3) is 0.714. The van der Waals surface area contributed by atoms with Crippen molar-refractivity contribution in [2.24, 2.45) is 5.41 Å². The second-order valence-corrected chi connectivity index (χ2v) is 4.63. The van der Waals surface area contributed by atoms with Crippen LogP contribution >= 0.6 is 27.5 Å². The van der Waals surface area contributed by atoms with Crippen LogP contribution in [0.2, 0.25) is 0 Å². The average Bonchev–Trinajstić information content (AvgIpc) is 2.59. The standard InChI is InChI=1S/C7H9BrN2S/c8-5-7(1-2-7)3-6-4-9-10-11-6/h4H,1-3,5H2. The van der Waals surface area contributed by atoms with E-state index < -0.39 is 0 Å². The minimum absolute atomic E-state index is 0.564. The normalized spacial score (nSPS) is 20.1. The summed E-state index contributed by atoms with van der Waals surface area (Å²) < 4.78 is 3.84. The van der Waals surface area contributed by atoms with Crippen LogP contribution in [0, 0.1) is 5.41 Å². The van der Waals surface area contributed by atoms with E-state index >= 15 is 0 Å². The SMILES string of the molecule is BrCC1(Cc2cnns2)CC1. The molecule has 0 N–H and O–H groups in total. The van der Waals surface area contributed by atoms with Crippen LogP contribution in [0.5, 0.6) is 0 Å². The van der Waals surface area contributed by atoms with Crippen molar-refractivity contribution < 1.29 is 0 Å². The third-order valence-corrected chi connectivity index (χ3v) is 4.05. The van der Waals surface area contributed by atoms with E-state index in [1.807, 2.05) is 6.20 Å². The lowest BCUT2D eigenvalue weighted by Crippen LogP contribution is -2.04. The molecule has 1 aliphatic carbocycles. The Hall–Kier alpha value is 0.0400. The first-order valence-corrected chi connectivity index (χ1v) is 5.56. The minimum Gasteiger partial charge on any atom is -0.146 e. The summed E-state index contributed by atoms with van der Waals surface area (Å²) in [4.78, 5) is 1.32. The Morgan fingerprint density at radius 2 is 2.45 bits per heavy atom. The Labute approximate surface area is 78.3 Å². The molecule has 4 heteroatoms. The molecular formula is C7H9BrN2S. The Balaban J connectivity index is 2.01. The summed E-state index contributed by atoms with van der Waals surface area (Å²) >= 11 is 5.07. The molecule has 1 aromatic heterocycles. The van der Waals surface area contributed by atoms with E-state index in [0.717, 1.165) is 11.8 Å². The van der Waals surface area contributed by atoms with Gasteiger partial charge < -0.3 is 0 Å². The smallest absolute Gasteiger partial charge is 0.0653 e. The summed E-state index contributed by atoms with van der Waals surface area (Å²) in [6.07, 6.45) is 5.76. The largest absolute Gasteiger partial charge is 0.146 e. The summed E-state index contributed by atoms with van der Waals surface area (Å²) in [5.41, 5.74) is 0.564. The molecule has 0 amide bonds. The summed E-state index contributed by atoms with van der Waals surface area (Å²) in [5, 5.41) is 4.94. The molecule has 0 saturated heterocycles. The van der Waals surface area contributed by atoms with E-state index in [1.165, 1.54) is 29.3 Å². The zero-order valence-electron chi connectivity index (χ0n) is 6.09. The minimum atomic E-state index is 0.564. The van der Waals surface area contributed by atoms with Gasteiger partial charge >= 0.3 is 0 Å². The predicted molar refractivity (Wildman–Crippen MR) is 49.1 cm³/mol. The van der Waals surface area contributed by atoms with Gasteiger partial charge in [-0.3, -0.25) is 0 Å². The van der Waals surface area contributed by atoms with Gasteiger partial charge in [0.1, 0.15) is 0 Å². The molecule has 0 spiro atoms. The molecule has 2 nitrogen and oxygen atoms in total. The number of hydrogen-bond acceptors (Lipinski definition) is 3. The quantitative estimate of drug-likeness (QED) is 0.748. The molecule has 2 rings (SSSR count). The molecule has 0 aromatic carbocycles.